The number of aromatic nitrogens is 3. The third-order valence-corrected chi connectivity index (χ3v) is 9.01. The number of hydrogen-bond acceptors (Lipinski definition) is 7. The summed E-state index contributed by atoms with van der Waals surface area (Å²) in [5.41, 5.74) is 2.04. The molecule has 6 rings (SSSR count). The number of hydrogen-bond donors (Lipinski definition) is 1. The fourth-order valence-electron chi connectivity index (χ4n) is 6.08. The number of halogens is 1. The van der Waals surface area contributed by atoms with Crippen LogP contribution >= 0.6 is 11.6 Å². The third kappa shape index (κ3) is 5.45. The molecule has 2 atom stereocenters. The minimum Gasteiger partial charge on any atom is -0.356 e. The van der Waals surface area contributed by atoms with Crippen molar-refractivity contribution in [2.75, 3.05) is 53.5 Å². The second-order valence-corrected chi connectivity index (χ2v) is 13.6. The first-order valence-corrected chi connectivity index (χ1v) is 16.4. The second kappa shape index (κ2) is 10.7. The summed E-state index contributed by atoms with van der Waals surface area (Å²) in [6.07, 6.45) is 7.21. The number of amides is 1. The first kappa shape index (κ1) is 27.1. The smallest absolute Gasteiger partial charge is 0.256 e. The Kier molecular flexibility index (Phi) is 7.28. The summed E-state index contributed by atoms with van der Waals surface area (Å²) < 4.78 is 28.4. The fraction of sp³-hybridized carbons (Fsp3) is 0.536. The number of likely N-dealkylation sites (tertiary alicyclic amines) is 1. The Labute approximate surface area is 240 Å². The van der Waals surface area contributed by atoms with Crippen LogP contribution in [0.2, 0.25) is 5.02 Å². The molecule has 1 amide bonds. The van der Waals surface area contributed by atoms with E-state index in [1.54, 1.807) is 6.07 Å². The minimum absolute atomic E-state index is 0.221. The molecular weight excluding hydrogens is 550 g/mol. The predicted molar refractivity (Wildman–Crippen MR) is 158 cm³/mol. The number of carbonyl (C=O) groups excluding carboxylic acids is 1. The van der Waals surface area contributed by atoms with Gasteiger partial charge in [-0.2, -0.15) is 9.61 Å². The molecule has 5 heterocycles. The van der Waals surface area contributed by atoms with E-state index in [0.717, 1.165) is 81.1 Å². The van der Waals surface area contributed by atoms with E-state index in [9.17, 15) is 13.2 Å². The number of anilines is 3. The summed E-state index contributed by atoms with van der Waals surface area (Å²) in [5, 5.41) is 5.44. The van der Waals surface area contributed by atoms with Crippen LogP contribution in [-0.2, 0) is 10.0 Å². The molecule has 3 fully saturated rings. The molecule has 0 bridgehead atoms. The van der Waals surface area contributed by atoms with Crippen molar-refractivity contribution in [3.8, 4) is 0 Å². The van der Waals surface area contributed by atoms with Crippen LogP contribution < -0.4 is 14.5 Å². The van der Waals surface area contributed by atoms with E-state index < -0.39 is 10.0 Å². The van der Waals surface area contributed by atoms with Gasteiger partial charge in [0.25, 0.3) is 5.91 Å². The summed E-state index contributed by atoms with van der Waals surface area (Å²) in [5.74, 6) is 2.37. The lowest BCUT2D eigenvalue weighted by atomic mass is 9.98. The molecule has 0 aliphatic carbocycles. The Morgan fingerprint density at radius 3 is 2.52 bits per heavy atom. The molecule has 1 N–H and O–H groups in total. The summed E-state index contributed by atoms with van der Waals surface area (Å²) in [6.45, 7) is 6.82. The van der Waals surface area contributed by atoms with Crippen molar-refractivity contribution in [1.82, 2.24) is 19.5 Å². The first-order chi connectivity index (χ1) is 19.2. The lowest BCUT2D eigenvalue weighted by Crippen LogP contribution is -2.39. The quantitative estimate of drug-likeness (QED) is 0.452. The Bertz CT molecular complexity index is 1540. The van der Waals surface area contributed by atoms with Crippen LogP contribution in [0, 0.1) is 5.92 Å². The van der Waals surface area contributed by atoms with Gasteiger partial charge in [0.15, 0.2) is 5.65 Å². The topological polar surface area (TPSA) is 103 Å². The summed E-state index contributed by atoms with van der Waals surface area (Å²) in [4.78, 5) is 25.5. The molecule has 1 aromatic carbocycles. The van der Waals surface area contributed by atoms with E-state index >= 15 is 0 Å². The van der Waals surface area contributed by atoms with E-state index in [2.05, 4.69) is 27.5 Å². The standard InChI is InChI=1S/C28H36ClN7O3S/c1-19-7-5-11-34(18-19)27-17-25(33-12-6-13-33)30-26-16-23(31-36(26)27)24-8-3-4-14-35(24)28(37)21-15-20(29)9-10-22(21)32-40(2,38)39/h9-10,15-17,19,24,32H,3-8,11-14,18H2,1-2H3/t19-,24+/m1/s1. The molecule has 0 saturated carbocycles. The van der Waals surface area contributed by atoms with E-state index in [-0.39, 0.29) is 23.2 Å². The van der Waals surface area contributed by atoms with Crippen molar-refractivity contribution in [2.45, 2.75) is 51.5 Å². The van der Waals surface area contributed by atoms with Crippen molar-refractivity contribution in [1.29, 1.82) is 0 Å². The lowest BCUT2D eigenvalue weighted by molar-refractivity contribution is 0.0607. The molecule has 214 valence electrons. The van der Waals surface area contributed by atoms with E-state index in [1.165, 1.54) is 25.0 Å². The number of nitrogens with one attached hydrogen (secondary N) is 1. The first-order valence-electron chi connectivity index (χ1n) is 14.2. The van der Waals surface area contributed by atoms with Crippen LogP contribution in [-0.4, -0.2) is 72.8 Å². The summed E-state index contributed by atoms with van der Waals surface area (Å²) in [7, 11) is -3.58. The third-order valence-electron chi connectivity index (χ3n) is 8.19. The maximum absolute atomic E-state index is 14.0. The van der Waals surface area contributed by atoms with Crippen LogP contribution in [0.5, 0.6) is 0 Å². The molecule has 3 aliphatic heterocycles. The summed E-state index contributed by atoms with van der Waals surface area (Å²) >= 11 is 6.26. The maximum atomic E-state index is 14.0. The Hall–Kier alpha value is -3.05. The molecule has 0 unspecified atom stereocenters. The molecule has 3 saturated heterocycles. The van der Waals surface area contributed by atoms with Gasteiger partial charge >= 0.3 is 0 Å². The highest BCUT2D eigenvalue weighted by molar-refractivity contribution is 7.92. The van der Waals surface area contributed by atoms with E-state index in [4.69, 9.17) is 21.7 Å². The highest BCUT2D eigenvalue weighted by Gasteiger charge is 2.33. The van der Waals surface area contributed by atoms with E-state index in [0.29, 0.717) is 17.5 Å². The average molecular weight is 586 g/mol. The number of nitrogens with zero attached hydrogens (tertiary/aromatic N) is 6. The van der Waals surface area contributed by atoms with Crippen molar-refractivity contribution in [2.24, 2.45) is 5.92 Å². The van der Waals surface area contributed by atoms with Gasteiger partial charge in [-0.3, -0.25) is 9.52 Å². The van der Waals surface area contributed by atoms with Gasteiger partial charge in [0.2, 0.25) is 10.0 Å². The molecule has 10 nitrogen and oxygen atoms in total. The SMILES string of the molecule is C[C@@H]1CCCN(c2cc(N3CCC3)nc3cc([C@@H]4CCCCN4C(=O)c4cc(Cl)ccc4NS(C)(=O)=O)nn23)C1. The molecule has 12 heteroatoms. The van der Waals surface area contributed by atoms with E-state index in [1.807, 2.05) is 15.5 Å². The van der Waals surface area contributed by atoms with Gasteiger partial charge in [-0.05, 0) is 62.6 Å². The van der Waals surface area contributed by atoms with Crippen LogP contribution in [0.15, 0.2) is 30.3 Å². The second-order valence-electron chi connectivity index (χ2n) is 11.4. The highest BCUT2D eigenvalue weighted by atomic mass is 35.5. The number of benzene rings is 1. The Balaban J connectivity index is 1.39. The minimum atomic E-state index is -3.58. The van der Waals surface area contributed by atoms with Gasteiger partial charge in [-0.15, -0.1) is 0 Å². The van der Waals surface area contributed by atoms with Crippen molar-refractivity contribution in [3.63, 3.8) is 0 Å². The van der Waals surface area contributed by atoms with Gasteiger partial charge < -0.3 is 14.7 Å². The van der Waals surface area contributed by atoms with Gasteiger partial charge in [0, 0.05) is 49.9 Å². The maximum Gasteiger partial charge on any atom is 0.256 e. The molecule has 0 radical (unpaired) electrons. The van der Waals surface area contributed by atoms with Gasteiger partial charge in [0.05, 0.1) is 29.2 Å². The Morgan fingerprint density at radius 2 is 1.80 bits per heavy atom. The summed E-state index contributed by atoms with van der Waals surface area (Å²) in [6, 6.07) is 8.57. The van der Waals surface area contributed by atoms with Crippen molar-refractivity contribution < 1.29 is 13.2 Å². The lowest BCUT2D eigenvalue weighted by Gasteiger charge is -2.36. The van der Waals surface area contributed by atoms with Crippen LogP contribution in [0.4, 0.5) is 17.3 Å². The monoisotopic (exact) mass is 585 g/mol. The molecule has 3 aromatic rings. The number of rotatable bonds is 6. The fourth-order valence-corrected chi connectivity index (χ4v) is 6.82. The average Bonchev–Trinajstić information content (AvgIpc) is 3.31. The van der Waals surface area contributed by atoms with Gasteiger partial charge in [-0.1, -0.05) is 18.5 Å². The molecule has 40 heavy (non-hydrogen) atoms. The Morgan fingerprint density at radius 1 is 1.00 bits per heavy atom. The predicted octanol–water partition coefficient (Wildman–Crippen LogP) is 4.57. The number of piperidine rings is 2. The van der Waals surface area contributed by atoms with Gasteiger partial charge in [0.1, 0.15) is 11.6 Å². The zero-order chi connectivity index (χ0) is 28.0. The highest BCUT2D eigenvalue weighted by Crippen LogP contribution is 2.36. The number of fused-ring (bicyclic) bond motifs is 1. The largest absolute Gasteiger partial charge is 0.356 e. The van der Waals surface area contributed by atoms with Crippen LogP contribution in [0.25, 0.3) is 5.65 Å². The van der Waals surface area contributed by atoms with Gasteiger partial charge in [-0.25, -0.2) is 13.4 Å². The van der Waals surface area contributed by atoms with Crippen molar-refractivity contribution in [3.05, 3.63) is 46.6 Å². The zero-order valence-corrected chi connectivity index (χ0v) is 24.6. The van der Waals surface area contributed by atoms with Crippen molar-refractivity contribution >= 4 is 50.5 Å². The molecule has 3 aliphatic rings. The molecule has 0 spiro atoms. The normalized spacial score (nSPS) is 21.9. The molecular formula is C28H36ClN7O3S. The zero-order valence-electron chi connectivity index (χ0n) is 23.0. The number of sulfonamides is 1. The van der Waals surface area contributed by atoms with Crippen LogP contribution in [0.3, 0.4) is 0 Å². The molecule has 2 aromatic heterocycles. The van der Waals surface area contributed by atoms with Crippen LogP contribution in [0.1, 0.15) is 67.5 Å². The number of carbonyl (C=O) groups is 1.